The van der Waals surface area contributed by atoms with Crippen molar-refractivity contribution in [3.63, 3.8) is 0 Å². The Labute approximate surface area is 105 Å². The molecule has 96 valence electrons. The second-order valence-corrected chi connectivity index (χ2v) is 4.82. The van der Waals surface area contributed by atoms with E-state index in [1.165, 1.54) is 12.1 Å². The zero-order chi connectivity index (χ0) is 12.8. The molecule has 3 heteroatoms. The van der Waals surface area contributed by atoms with Crippen molar-refractivity contribution in [2.75, 3.05) is 45.0 Å². The largest absolute Gasteiger partial charge is 0.388 e. The van der Waals surface area contributed by atoms with E-state index in [0.717, 1.165) is 12.2 Å². The Morgan fingerprint density at radius 2 is 1.71 bits per heavy atom. The van der Waals surface area contributed by atoms with Crippen LogP contribution in [0.2, 0.25) is 0 Å². The van der Waals surface area contributed by atoms with Crippen LogP contribution in [0.3, 0.4) is 0 Å². The van der Waals surface area contributed by atoms with Gasteiger partial charge in [0.15, 0.2) is 0 Å². The van der Waals surface area contributed by atoms with Crippen LogP contribution in [-0.4, -0.2) is 45.7 Å². The summed E-state index contributed by atoms with van der Waals surface area (Å²) < 4.78 is 0. The molecule has 1 aromatic rings. The Kier molecular flexibility index (Phi) is 5.29. The van der Waals surface area contributed by atoms with Crippen molar-refractivity contribution < 1.29 is 0 Å². The van der Waals surface area contributed by atoms with E-state index in [4.69, 9.17) is 0 Å². The fourth-order valence-electron chi connectivity index (χ4n) is 1.65. The van der Waals surface area contributed by atoms with Gasteiger partial charge in [0.2, 0.25) is 0 Å². The predicted octanol–water partition coefficient (Wildman–Crippen LogP) is 2.50. The molecule has 1 aromatic carbocycles. The molecular weight excluding hydrogens is 210 g/mol. The molecule has 1 N–H and O–H groups in total. The van der Waals surface area contributed by atoms with Gasteiger partial charge < -0.3 is 15.1 Å². The summed E-state index contributed by atoms with van der Waals surface area (Å²) in [5, 5.41) is 3.13. The molecule has 0 fully saturated rings. The number of nitrogens with one attached hydrogen (secondary N) is 1. The Morgan fingerprint density at radius 3 is 2.18 bits per heavy atom. The van der Waals surface area contributed by atoms with Gasteiger partial charge >= 0.3 is 0 Å². The average Bonchev–Trinajstić information content (AvgIpc) is 2.35. The summed E-state index contributed by atoms with van der Waals surface area (Å²) in [6, 6.07) is 9.16. The summed E-state index contributed by atoms with van der Waals surface area (Å²) in [4.78, 5) is 4.57. The van der Waals surface area contributed by atoms with Crippen molar-refractivity contribution in [3.05, 3.63) is 24.3 Å². The minimum absolute atomic E-state index is 0.619. The van der Waals surface area contributed by atoms with Crippen molar-refractivity contribution in [1.82, 2.24) is 4.90 Å². The lowest BCUT2D eigenvalue weighted by molar-refractivity contribution is 0.301. The lowest BCUT2D eigenvalue weighted by Crippen LogP contribution is -2.30. The van der Waals surface area contributed by atoms with Gasteiger partial charge in [0.25, 0.3) is 0 Å². The zero-order valence-electron chi connectivity index (χ0n) is 11.7. The van der Waals surface area contributed by atoms with Crippen LogP contribution in [-0.2, 0) is 0 Å². The Balaban J connectivity index is 2.48. The molecule has 0 saturated carbocycles. The maximum absolute atomic E-state index is 3.13. The molecule has 0 bridgehead atoms. The predicted molar refractivity (Wildman–Crippen MR) is 77.0 cm³/mol. The number of hydrogen-bond acceptors (Lipinski definition) is 3. The molecule has 1 rings (SSSR count). The van der Waals surface area contributed by atoms with Crippen LogP contribution >= 0.6 is 0 Å². The second-order valence-electron chi connectivity index (χ2n) is 4.82. The van der Waals surface area contributed by atoms with Gasteiger partial charge in [0.1, 0.15) is 0 Å². The number of nitrogens with zero attached hydrogens (tertiary/aromatic N) is 2. The molecule has 0 radical (unpaired) electrons. The topological polar surface area (TPSA) is 18.5 Å². The lowest BCUT2D eigenvalue weighted by Gasteiger charge is -2.25. The Bertz CT molecular complexity index is 319. The van der Waals surface area contributed by atoms with Crippen molar-refractivity contribution in [2.24, 2.45) is 0 Å². The molecule has 0 aliphatic heterocycles. The number of anilines is 2. The molecule has 0 aliphatic rings. The highest BCUT2D eigenvalue weighted by molar-refractivity contribution is 5.54. The van der Waals surface area contributed by atoms with Crippen LogP contribution in [0.25, 0.3) is 0 Å². The summed E-state index contributed by atoms with van der Waals surface area (Å²) in [5.74, 6) is 0. The normalized spacial score (nSPS) is 12.6. The summed E-state index contributed by atoms with van der Waals surface area (Å²) in [6.45, 7) is 3.34. The first kappa shape index (κ1) is 13.8. The van der Waals surface area contributed by atoms with Crippen LogP contribution in [0.4, 0.5) is 11.4 Å². The maximum atomic E-state index is 3.13. The Hall–Kier alpha value is -1.22. The molecule has 0 saturated heterocycles. The number of hydrogen-bond donors (Lipinski definition) is 1. The average molecular weight is 235 g/mol. The first-order valence-electron chi connectivity index (χ1n) is 6.20. The minimum Gasteiger partial charge on any atom is -0.388 e. The maximum Gasteiger partial charge on any atom is 0.0365 e. The number of rotatable bonds is 6. The van der Waals surface area contributed by atoms with Crippen molar-refractivity contribution in [2.45, 2.75) is 19.4 Å². The van der Waals surface area contributed by atoms with Gasteiger partial charge in [0, 0.05) is 38.1 Å². The van der Waals surface area contributed by atoms with Gasteiger partial charge in [0.05, 0.1) is 0 Å². The van der Waals surface area contributed by atoms with E-state index in [0.29, 0.717) is 6.04 Å². The molecule has 0 amide bonds. The van der Waals surface area contributed by atoms with Gasteiger partial charge in [-0.1, -0.05) is 0 Å². The van der Waals surface area contributed by atoms with Gasteiger partial charge in [-0.3, -0.25) is 0 Å². The van der Waals surface area contributed by atoms with Crippen molar-refractivity contribution in [1.29, 1.82) is 0 Å². The highest BCUT2D eigenvalue weighted by atomic mass is 15.1. The van der Waals surface area contributed by atoms with Crippen LogP contribution < -0.4 is 10.2 Å². The van der Waals surface area contributed by atoms with E-state index in [-0.39, 0.29) is 0 Å². The molecule has 17 heavy (non-hydrogen) atoms. The van der Waals surface area contributed by atoms with E-state index < -0.39 is 0 Å². The van der Waals surface area contributed by atoms with Crippen molar-refractivity contribution in [3.8, 4) is 0 Å². The smallest absolute Gasteiger partial charge is 0.0365 e. The lowest BCUT2D eigenvalue weighted by atomic mass is 10.2. The highest BCUT2D eigenvalue weighted by Gasteiger charge is 2.06. The van der Waals surface area contributed by atoms with Crippen LogP contribution in [0.1, 0.15) is 13.3 Å². The Morgan fingerprint density at radius 1 is 1.12 bits per heavy atom. The van der Waals surface area contributed by atoms with Gasteiger partial charge in [-0.15, -0.1) is 0 Å². The monoisotopic (exact) mass is 235 g/mol. The summed E-state index contributed by atoms with van der Waals surface area (Å²) in [6.07, 6.45) is 1.18. The molecule has 0 heterocycles. The number of benzene rings is 1. The van der Waals surface area contributed by atoms with Crippen LogP contribution in [0, 0.1) is 0 Å². The van der Waals surface area contributed by atoms with Gasteiger partial charge in [-0.05, 0) is 51.7 Å². The summed E-state index contributed by atoms with van der Waals surface area (Å²) in [5.41, 5.74) is 2.43. The third-order valence-electron chi connectivity index (χ3n) is 3.36. The van der Waals surface area contributed by atoms with E-state index in [1.54, 1.807) is 0 Å². The first-order valence-corrected chi connectivity index (χ1v) is 6.20. The zero-order valence-corrected chi connectivity index (χ0v) is 11.7. The van der Waals surface area contributed by atoms with Crippen LogP contribution in [0.5, 0.6) is 0 Å². The standard InChI is InChI=1S/C14H25N3/c1-12(16(3)4)10-11-17(5)14-8-6-13(15-2)7-9-14/h6-9,12,15H,10-11H2,1-5H3. The van der Waals surface area contributed by atoms with E-state index >= 15 is 0 Å². The van der Waals surface area contributed by atoms with E-state index in [2.05, 4.69) is 67.4 Å². The highest BCUT2D eigenvalue weighted by Crippen LogP contribution is 2.17. The van der Waals surface area contributed by atoms with Crippen molar-refractivity contribution >= 4 is 11.4 Å². The molecule has 0 aliphatic carbocycles. The van der Waals surface area contributed by atoms with Gasteiger partial charge in [-0.25, -0.2) is 0 Å². The molecule has 1 atom stereocenters. The molecular formula is C14H25N3. The quantitative estimate of drug-likeness (QED) is 0.817. The summed E-state index contributed by atoms with van der Waals surface area (Å²) in [7, 11) is 8.35. The second kappa shape index (κ2) is 6.50. The van der Waals surface area contributed by atoms with E-state index in [1.807, 2.05) is 7.05 Å². The van der Waals surface area contributed by atoms with Gasteiger partial charge in [-0.2, -0.15) is 0 Å². The minimum atomic E-state index is 0.619. The molecule has 1 unspecified atom stereocenters. The third kappa shape index (κ3) is 4.27. The van der Waals surface area contributed by atoms with Crippen LogP contribution in [0.15, 0.2) is 24.3 Å². The molecule has 3 nitrogen and oxygen atoms in total. The third-order valence-corrected chi connectivity index (χ3v) is 3.36. The first-order chi connectivity index (χ1) is 8.04. The molecule has 0 aromatic heterocycles. The fourth-order valence-corrected chi connectivity index (χ4v) is 1.65. The van der Waals surface area contributed by atoms with E-state index in [9.17, 15) is 0 Å². The fraction of sp³-hybridized carbons (Fsp3) is 0.571. The molecule has 0 spiro atoms. The SMILES string of the molecule is CNc1ccc(N(C)CCC(C)N(C)C)cc1. The summed E-state index contributed by atoms with van der Waals surface area (Å²) >= 11 is 0.